The van der Waals surface area contributed by atoms with E-state index in [1.165, 1.54) is 0 Å². The second kappa shape index (κ2) is 13.5. The van der Waals surface area contributed by atoms with Gasteiger partial charge in [-0.05, 0) is 105 Å². The zero-order valence-electron chi connectivity index (χ0n) is 25.3. The molecule has 3 N–H and O–H groups in total. The minimum Gasteiger partial charge on any atom is -0.487 e. The molecule has 1 aliphatic carbocycles. The number of fused-ring (bicyclic) bond motifs is 3. The average Bonchev–Trinajstić information content (AvgIpc) is 3.00. The van der Waals surface area contributed by atoms with E-state index < -0.39 is 26.8 Å². The molecule has 0 unspecified atom stereocenters. The Balaban J connectivity index is 1.58. The lowest BCUT2D eigenvalue weighted by Crippen LogP contribution is -2.49. The summed E-state index contributed by atoms with van der Waals surface area (Å²) in [5.41, 5.74) is 1.64. The maximum Gasteiger partial charge on any atom is 0.264 e. The number of aryl methyl sites for hydroxylation is 1. The third-order valence-corrected chi connectivity index (χ3v) is 11.6. The standard InChI is InChI=1S/C34H41ClN2O6S/c1-23-7-5-15-34(40,16-6-18-38)30-13-10-27(30)21-37-17-4-3-8-25-19-29(35)12-9-28(25)22-43-32-14-11-26(20-31(32)37)33(39)36-44(41,42)24(23)2/h5,9,11-12,14-15,19-20,23-24,27,30,38,40H,3-4,7-8,10,13,17-18,21-22H2,1-2H3,(H,36,39)/b15-5+/t23-,24+,27-,30+,34+/m0/s1. The molecule has 2 aliphatic heterocycles. The van der Waals surface area contributed by atoms with E-state index in [4.69, 9.17) is 16.3 Å². The second-order valence-corrected chi connectivity index (χ2v) is 14.8. The third kappa shape index (κ3) is 7.10. The van der Waals surface area contributed by atoms with E-state index in [1.807, 2.05) is 18.2 Å². The van der Waals surface area contributed by atoms with Crippen molar-refractivity contribution in [2.45, 2.75) is 69.8 Å². The number of hydrogen-bond acceptors (Lipinski definition) is 7. The van der Waals surface area contributed by atoms with Crippen LogP contribution >= 0.6 is 11.6 Å². The predicted octanol–water partition coefficient (Wildman–Crippen LogP) is 4.86. The quantitative estimate of drug-likeness (QED) is 0.278. The number of allylic oxidation sites excluding steroid dienone is 1. The molecule has 10 heteroatoms. The predicted molar refractivity (Wildman–Crippen MR) is 172 cm³/mol. The molecule has 5 rings (SSSR count). The number of sulfonamides is 1. The highest BCUT2D eigenvalue weighted by molar-refractivity contribution is 7.90. The number of halogens is 1. The highest BCUT2D eigenvalue weighted by atomic mass is 35.5. The molecule has 1 amide bonds. The van der Waals surface area contributed by atoms with Crippen molar-refractivity contribution in [2.24, 2.45) is 17.8 Å². The fourth-order valence-electron chi connectivity index (χ4n) is 6.41. The highest BCUT2D eigenvalue weighted by Gasteiger charge is 2.45. The van der Waals surface area contributed by atoms with E-state index in [1.54, 1.807) is 44.2 Å². The smallest absolute Gasteiger partial charge is 0.264 e. The van der Waals surface area contributed by atoms with Crippen LogP contribution in [0.1, 0.15) is 67.4 Å². The first-order valence-electron chi connectivity index (χ1n) is 15.4. The number of carbonyl (C=O) groups excluding carboxylic acids is 1. The average molecular weight is 641 g/mol. The van der Waals surface area contributed by atoms with Crippen LogP contribution in [-0.4, -0.2) is 55.1 Å². The van der Waals surface area contributed by atoms with Gasteiger partial charge in [0.05, 0.1) is 10.9 Å². The Morgan fingerprint density at radius 2 is 1.95 bits per heavy atom. The van der Waals surface area contributed by atoms with Gasteiger partial charge in [0.2, 0.25) is 10.0 Å². The molecule has 2 aromatic carbocycles. The van der Waals surface area contributed by atoms with Gasteiger partial charge in [0, 0.05) is 29.6 Å². The molecule has 0 aromatic heterocycles. The molecule has 2 heterocycles. The molecular weight excluding hydrogens is 600 g/mol. The number of aliphatic hydroxyl groups is 2. The van der Waals surface area contributed by atoms with Gasteiger partial charge in [-0.25, -0.2) is 13.1 Å². The number of hydrogen-bond donors (Lipinski definition) is 3. The first-order chi connectivity index (χ1) is 21.0. The summed E-state index contributed by atoms with van der Waals surface area (Å²) < 4.78 is 35.2. The molecule has 2 bridgehead atoms. The number of carbonyl (C=O) groups is 1. The summed E-state index contributed by atoms with van der Waals surface area (Å²) >= 11 is 6.31. The molecule has 8 nitrogen and oxygen atoms in total. The first-order valence-corrected chi connectivity index (χ1v) is 17.3. The van der Waals surface area contributed by atoms with Crippen LogP contribution in [0.25, 0.3) is 0 Å². The molecule has 0 spiro atoms. The van der Waals surface area contributed by atoms with E-state index in [2.05, 4.69) is 21.5 Å². The normalized spacial score (nSPS) is 29.6. The van der Waals surface area contributed by atoms with Crippen molar-refractivity contribution < 1.29 is 28.2 Å². The lowest BCUT2D eigenvalue weighted by molar-refractivity contribution is -0.00305. The highest BCUT2D eigenvalue weighted by Crippen LogP contribution is 2.45. The largest absolute Gasteiger partial charge is 0.487 e. The Morgan fingerprint density at radius 1 is 1.14 bits per heavy atom. The van der Waals surface area contributed by atoms with Gasteiger partial charge in [-0.15, -0.1) is 0 Å². The summed E-state index contributed by atoms with van der Waals surface area (Å²) in [7, 11) is -4.00. The number of aliphatic hydroxyl groups excluding tert-OH is 1. The number of benzene rings is 2. The summed E-state index contributed by atoms with van der Waals surface area (Å²) in [6.07, 6.45) is 8.08. The van der Waals surface area contributed by atoms with Crippen molar-refractivity contribution in [3.05, 3.63) is 70.3 Å². The number of nitrogens with one attached hydrogen (secondary N) is 1. The summed E-state index contributed by atoms with van der Waals surface area (Å²) in [5.74, 6) is 5.03. The lowest BCUT2D eigenvalue weighted by Gasteiger charge is -2.46. The molecule has 1 fully saturated rings. The minimum absolute atomic E-state index is 0.0914. The van der Waals surface area contributed by atoms with Gasteiger partial charge in [-0.2, -0.15) is 0 Å². The Hall–Kier alpha value is -3.03. The Labute approximate surface area is 265 Å². The molecule has 2 aromatic rings. The van der Waals surface area contributed by atoms with Crippen LogP contribution in [0.2, 0.25) is 5.02 Å². The van der Waals surface area contributed by atoms with Crippen LogP contribution in [0.4, 0.5) is 5.69 Å². The van der Waals surface area contributed by atoms with Crippen LogP contribution in [0.5, 0.6) is 5.75 Å². The van der Waals surface area contributed by atoms with Crippen molar-refractivity contribution in [2.75, 3.05) is 24.6 Å². The van der Waals surface area contributed by atoms with E-state index in [0.29, 0.717) is 42.6 Å². The van der Waals surface area contributed by atoms with Crippen LogP contribution in [0.15, 0.2) is 48.6 Å². The van der Waals surface area contributed by atoms with Gasteiger partial charge in [0.1, 0.15) is 24.6 Å². The maximum atomic E-state index is 13.4. The van der Waals surface area contributed by atoms with Gasteiger partial charge >= 0.3 is 0 Å². The van der Waals surface area contributed by atoms with Gasteiger partial charge in [0.25, 0.3) is 5.91 Å². The van der Waals surface area contributed by atoms with Crippen LogP contribution in [-0.2, 0) is 23.1 Å². The van der Waals surface area contributed by atoms with Crippen molar-refractivity contribution in [3.8, 4) is 17.6 Å². The van der Waals surface area contributed by atoms with E-state index in [9.17, 15) is 23.4 Å². The van der Waals surface area contributed by atoms with Gasteiger partial charge < -0.3 is 19.8 Å². The molecular formula is C34H41ClN2O6S. The molecule has 0 saturated heterocycles. The van der Waals surface area contributed by atoms with Crippen molar-refractivity contribution >= 4 is 33.2 Å². The van der Waals surface area contributed by atoms with Crippen LogP contribution in [0.3, 0.4) is 0 Å². The van der Waals surface area contributed by atoms with E-state index in [0.717, 1.165) is 43.2 Å². The number of anilines is 1. The van der Waals surface area contributed by atoms with Gasteiger partial charge in [-0.3, -0.25) is 4.79 Å². The SMILES string of the molecule is C[C@@H]1[C@@H](C)C/C=C/[C@@](O)(C#CCO)[C@@H]2CC[C@H]2CN2CCCCc3cc(Cl)ccc3COc3ccc(cc32)C(=O)NS1(=O)=O. The van der Waals surface area contributed by atoms with Crippen molar-refractivity contribution in [1.82, 2.24) is 4.72 Å². The number of rotatable bonds is 0. The maximum absolute atomic E-state index is 13.4. The van der Waals surface area contributed by atoms with Crippen LogP contribution < -0.4 is 14.4 Å². The Bertz CT molecular complexity index is 1580. The van der Waals surface area contributed by atoms with Crippen molar-refractivity contribution in [1.29, 1.82) is 0 Å². The number of amides is 1. The van der Waals surface area contributed by atoms with Crippen LogP contribution in [0, 0.1) is 29.6 Å². The summed E-state index contributed by atoms with van der Waals surface area (Å²) in [4.78, 5) is 15.6. The summed E-state index contributed by atoms with van der Waals surface area (Å²) in [5, 5.41) is 21.1. The second-order valence-electron chi connectivity index (χ2n) is 12.3. The minimum atomic E-state index is -4.00. The number of nitrogens with zero attached hydrogens (tertiary/aromatic N) is 1. The van der Waals surface area contributed by atoms with Gasteiger partial charge in [-0.1, -0.05) is 42.5 Å². The van der Waals surface area contributed by atoms with Crippen molar-refractivity contribution in [3.63, 3.8) is 0 Å². The fourth-order valence-corrected chi connectivity index (χ4v) is 7.89. The molecule has 236 valence electrons. The lowest BCUT2D eigenvalue weighted by atomic mass is 9.64. The molecule has 3 aliphatic rings. The summed E-state index contributed by atoms with van der Waals surface area (Å²) in [6.45, 7) is 4.58. The third-order valence-electron chi connectivity index (χ3n) is 9.45. The fraction of sp³-hybridized carbons (Fsp3) is 0.500. The van der Waals surface area contributed by atoms with Gasteiger partial charge in [0.15, 0.2) is 0 Å². The Kier molecular flexibility index (Phi) is 9.96. The first kappa shape index (κ1) is 32.4. The summed E-state index contributed by atoms with van der Waals surface area (Å²) in [6, 6.07) is 10.9. The monoisotopic (exact) mass is 640 g/mol. The van der Waals surface area contributed by atoms with E-state index >= 15 is 0 Å². The molecule has 44 heavy (non-hydrogen) atoms. The zero-order chi connectivity index (χ0) is 31.5. The molecule has 0 radical (unpaired) electrons. The number of ether oxygens (including phenoxy) is 1. The topological polar surface area (TPSA) is 116 Å². The molecule has 1 saturated carbocycles. The Morgan fingerprint density at radius 3 is 2.70 bits per heavy atom. The molecule has 5 atom stereocenters. The van der Waals surface area contributed by atoms with E-state index in [-0.39, 0.29) is 29.9 Å². The zero-order valence-corrected chi connectivity index (χ0v) is 26.8.